The Morgan fingerprint density at radius 2 is 1.89 bits per heavy atom. The second-order valence-corrected chi connectivity index (χ2v) is 3.99. The van der Waals surface area contributed by atoms with Crippen LogP contribution < -0.4 is 0 Å². The third-order valence-electron chi connectivity index (χ3n) is 2.63. The molecule has 0 spiro atoms. The van der Waals surface area contributed by atoms with Gasteiger partial charge in [0.25, 0.3) is 0 Å². The maximum Gasteiger partial charge on any atom is 0.416 e. The monoisotopic (exact) mass is 278 g/mol. The predicted octanol–water partition coefficient (Wildman–Crippen LogP) is 1.29. The van der Waals surface area contributed by atoms with E-state index >= 15 is 0 Å². The van der Waals surface area contributed by atoms with Crippen LogP contribution in [0.5, 0.6) is 0 Å². The number of aldehydes is 1. The smallest absolute Gasteiger partial charge is 0.396 e. The van der Waals surface area contributed by atoms with Gasteiger partial charge >= 0.3 is 6.18 Å². The molecule has 0 aliphatic rings. The summed E-state index contributed by atoms with van der Waals surface area (Å²) in [4.78, 5) is 10.5. The van der Waals surface area contributed by atoms with Crippen LogP contribution in [0.25, 0.3) is 0 Å². The van der Waals surface area contributed by atoms with Crippen molar-refractivity contribution in [2.45, 2.75) is 24.8 Å². The summed E-state index contributed by atoms with van der Waals surface area (Å²) in [5.74, 6) is 0. The van der Waals surface area contributed by atoms with Crippen molar-refractivity contribution < 1.29 is 33.3 Å². The van der Waals surface area contributed by atoms with Crippen molar-refractivity contribution in [1.82, 2.24) is 0 Å². The molecule has 0 aliphatic heterocycles. The number of hydrogen-bond donors (Lipinski definition) is 3. The Hall–Kier alpha value is -1.44. The van der Waals surface area contributed by atoms with Gasteiger partial charge in [0, 0.05) is 12.2 Å². The van der Waals surface area contributed by atoms with E-state index < -0.39 is 36.1 Å². The zero-order valence-corrected chi connectivity index (χ0v) is 9.76. The van der Waals surface area contributed by atoms with E-state index in [4.69, 9.17) is 5.11 Å². The summed E-state index contributed by atoms with van der Waals surface area (Å²) in [7, 11) is 0. The van der Waals surface area contributed by atoms with Crippen molar-refractivity contribution >= 4 is 6.29 Å². The molecule has 0 aromatic heterocycles. The third-order valence-corrected chi connectivity index (χ3v) is 2.63. The lowest BCUT2D eigenvalue weighted by Gasteiger charge is -2.21. The van der Waals surface area contributed by atoms with Gasteiger partial charge in [0.05, 0.1) is 11.7 Å². The largest absolute Gasteiger partial charge is 0.416 e. The maximum atomic E-state index is 12.8. The molecule has 1 aromatic rings. The topological polar surface area (TPSA) is 77.8 Å². The minimum absolute atomic E-state index is 0.181. The van der Waals surface area contributed by atoms with Gasteiger partial charge in [0.1, 0.15) is 12.4 Å². The van der Waals surface area contributed by atoms with Gasteiger partial charge in [-0.2, -0.15) is 13.2 Å². The molecule has 19 heavy (non-hydrogen) atoms. The molecule has 0 bridgehead atoms. The van der Waals surface area contributed by atoms with Crippen molar-refractivity contribution in [2.75, 3.05) is 6.61 Å². The SMILES string of the molecule is O=Cc1ccc(C(O)C(O)CCO)c(C(F)(F)F)c1. The van der Waals surface area contributed by atoms with Gasteiger partial charge in [-0.05, 0) is 18.1 Å². The van der Waals surface area contributed by atoms with Gasteiger partial charge in [-0.15, -0.1) is 0 Å². The van der Waals surface area contributed by atoms with Crippen LogP contribution in [0.3, 0.4) is 0 Å². The fourth-order valence-corrected chi connectivity index (χ4v) is 1.65. The first-order valence-electron chi connectivity index (χ1n) is 5.44. The van der Waals surface area contributed by atoms with E-state index in [2.05, 4.69) is 0 Å². The van der Waals surface area contributed by atoms with E-state index in [1.165, 1.54) is 0 Å². The van der Waals surface area contributed by atoms with E-state index in [1.807, 2.05) is 0 Å². The summed E-state index contributed by atoms with van der Waals surface area (Å²) in [6.07, 6.45) is -8.06. The van der Waals surface area contributed by atoms with Crippen molar-refractivity contribution in [3.8, 4) is 0 Å². The summed E-state index contributed by atoms with van der Waals surface area (Å²) in [5, 5.41) is 27.7. The molecule has 106 valence electrons. The lowest BCUT2D eigenvalue weighted by molar-refractivity contribution is -0.140. The van der Waals surface area contributed by atoms with Crippen LogP contribution in [0.4, 0.5) is 13.2 Å². The highest BCUT2D eigenvalue weighted by Gasteiger charge is 2.36. The molecule has 2 unspecified atom stereocenters. The summed E-state index contributed by atoms with van der Waals surface area (Å²) in [6, 6.07) is 2.67. The zero-order chi connectivity index (χ0) is 14.6. The van der Waals surface area contributed by atoms with E-state index in [0.29, 0.717) is 6.07 Å². The van der Waals surface area contributed by atoms with Gasteiger partial charge in [-0.1, -0.05) is 12.1 Å². The van der Waals surface area contributed by atoms with E-state index in [-0.39, 0.29) is 18.3 Å². The van der Waals surface area contributed by atoms with Gasteiger partial charge in [-0.25, -0.2) is 0 Å². The molecule has 0 heterocycles. The van der Waals surface area contributed by atoms with Gasteiger partial charge in [0.2, 0.25) is 0 Å². The first-order valence-corrected chi connectivity index (χ1v) is 5.44. The van der Waals surface area contributed by atoms with Crippen molar-refractivity contribution in [3.63, 3.8) is 0 Å². The van der Waals surface area contributed by atoms with Gasteiger partial charge < -0.3 is 15.3 Å². The molecule has 2 atom stereocenters. The Bertz CT molecular complexity index is 445. The summed E-state index contributed by atoms with van der Waals surface area (Å²) < 4.78 is 38.4. The highest BCUT2D eigenvalue weighted by atomic mass is 19.4. The number of aliphatic hydroxyl groups is 3. The van der Waals surface area contributed by atoms with Gasteiger partial charge in [-0.3, -0.25) is 4.79 Å². The van der Waals surface area contributed by atoms with E-state index in [9.17, 15) is 28.2 Å². The maximum absolute atomic E-state index is 12.8. The Kier molecular flexibility index (Phi) is 5.04. The van der Waals surface area contributed by atoms with E-state index in [0.717, 1.165) is 12.1 Å². The molecule has 7 heteroatoms. The second kappa shape index (κ2) is 6.14. The molecule has 0 saturated heterocycles. The fourth-order valence-electron chi connectivity index (χ4n) is 1.65. The van der Waals surface area contributed by atoms with Crippen molar-refractivity contribution in [3.05, 3.63) is 34.9 Å². The van der Waals surface area contributed by atoms with Crippen LogP contribution in [-0.2, 0) is 6.18 Å². The summed E-state index contributed by atoms with van der Waals surface area (Å²) in [5.41, 5.74) is -1.89. The van der Waals surface area contributed by atoms with Crippen LogP contribution in [0.15, 0.2) is 18.2 Å². The number of alkyl halides is 3. The molecule has 1 aromatic carbocycles. The highest BCUT2D eigenvalue weighted by molar-refractivity contribution is 5.75. The van der Waals surface area contributed by atoms with Gasteiger partial charge in [0.15, 0.2) is 0 Å². The highest BCUT2D eigenvalue weighted by Crippen LogP contribution is 2.36. The molecule has 1 rings (SSSR count). The number of hydrogen-bond acceptors (Lipinski definition) is 4. The number of carbonyl (C=O) groups excluding carboxylic acids is 1. The fraction of sp³-hybridized carbons (Fsp3) is 0.417. The third kappa shape index (κ3) is 3.76. The number of aliphatic hydroxyl groups excluding tert-OH is 3. The molecule has 0 aliphatic carbocycles. The standard InChI is InChI=1S/C12H13F3O4/c13-12(14,15)9-5-7(6-17)1-2-8(9)11(19)10(18)3-4-16/h1-2,5-6,10-11,16,18-19H,3-4H2. The average Bonchev–Trinajstić information content (AvgIpc) is 2.36. The molecule has 3 N–H and O–H groups in total. The first kappa shape index (κ1) is 15.6. The minimum Gasteiger partial charge on any atom is -0.396 e. The minimum atomic E-state index is -4.76. The van der Waals surface area contributed by atoms with Crippen LogP contribution in [0.1, 0.15) is 34.0 Å². The molecular formula is C12H13F3O4. The van der Waals surface area contributed by atoms with E-state index in [1.54, 1.807) is 0 Å². The second-order valence-electron chi connectivity index (χ2n) is 3.99. The lowest BCUT2D eigenvalue weighted by atomic mass is 9.95. The van der Waals surface area contributed by atoms with Crippen LogP contribution in [0.2, 0.25) is 0 Å². The Balaban J connectivity index is 3.23. The summed E-state index contributed by atoms with van der Waals surface area (Å²) >= 11 is 0. The first-order chi connectivity index (χ1) is 8.81. The molecule has 0 fully saturated rings. The Labute approximate surface area is 107 Å². The molecular weight excluding hydrogens is 265 g/mol. The lowest BCUT2D eigenvalue weighted by Crippen LogP contribution is -2.23. The average molecular weight is 278 g/mol. The molecule has 0 amide bonds. The normalized spacial score (nSPS) is 15.1. The molecule has 0 radical (unpaired) electrons. The number of carbonyl (C=O) groups is 1. The Morgan fingerprint density at radius 1 is 1.26 bits per heavy atom. The number of rotatable bonds is 5. The number of benzene rings is 1. The Morgan fingerprint density at radius 3 is 2.37 bits per heavy atom. The molecule has 0 saturated carbocycles. The van der Waals surface area contributed by atoms with Crippen LogP contribution in [-0.4, -0.2) is 34.3 Å². The number of halogens is 3. The van der Waals surface area contributed by atoms with Crippen molar-refractivity contribution in [2.24, 2.45) is 0 Å². The zero-order valence-electron chi connectivity index (χ0n) is 9.76. The quantitative estimate of drug-likeness (QED) is 0.709. The predicted molar refractivity (Wildman–Crippen MR) is 59.5 cm³/mol. The summed E-state index contributed by atoms with van der Waals surface area (Å²) in [6.45, 7) is -0.466. The molecule has 4 nitrogen and oxygen atoms in total. The van der Waals surface area contributed by atoms with Crippen LogP contribution in [0, 0.1) is 0 Å². The van der Waals surface area contributed by atoms with Crippen LogP contribution >= 0.6 is 0 Å². The van der Waals surface area contributed by atoms with Crippen molar-refractivity contribution in [1.29, 1.82) is 0 Å².